The summed E-state index contributed by atoms with van der Waals surface area (Å²) in [6.45, 7) is 0. The summed E-state index contributed by atoms with van der Waals surface area (Å²) in [6, 6.07) is 0. The number of rotatable bonds is 1. The largest absolute Gasteiger partial charge is 0.366 e. The van der Waals surface area contributed by atoms with Crippen LogP contribution >= 0.6 is 25.3 Å². The molecule has 0 rings (SSSR count). The van der Waals surface area contributed by atoms with Crippen LogP contribution in [-0.2, 0) is 0 Å². The highest BCUT2D eigenvalue weighted by atomic mass is 32.4. The molecule has 0 saturated heterocycles. The average molecular weight is 116 g/mol. The second kappa shape index (κ2) is 2.49. The van der Waals surface area contributed by atoms with Gasteiger partial charge in [0, 0.05) is 0 Å². The van der Waals surface area contributed by atoms with Crippen molar-refractivity contribution in [3.05, 3.63) is 0 Å². The zero-order valence-electron chi connectivity index (χ0n) is 2.97. The van der Waals surface area contributed by atoms with Gasteiger partial charge in [-0.15, -0.1) is 0 Å². The van der Waals surface area contributed by atoms with Crippen LogP contribution in [0.5, 0.6) is 0 Å². The van der Waals surface area contributed by atoms with E-state index in [9.17, 15) is 0 Å². The molecule has 0 aromatic carbocycles. The van der Waals surface area contributed by atoms with E-state index in [1.165, 1.54) is 0 Å². The summed E-state index contributed by atoms with van der Waals surface area (Å²) in [7, 11) is 1.14. The molecule has 0 aliphatic rings. The lowest BCUT2D eigenvalue weighted by Gasteiger charge is -1.80. The van der Waals surface area contributed by atoms with Crippen LogP contribution in [0.25, 0.3) is 0 Å². The maximum absolute atomic E-state index is 8.21. The van der Waals surface area contributed by atoms with Gasteiger partial charge in [-0.05, 0) is 0 Å². The van der Waals surface area contributed by atoms with Crippen LogP contribution in [0.1, 0.15) is 0 Å². The van der Waals surface area contributed by atoms with Crippen LogP contribution in [-0.4, -0.2) is 6.17 Å². The monoisotopic (exact) mass is 116 g/mol. The quantitative estimate of drug-likeness (QED) is 0.505. The third-order valence-corrected chi connectivity index (χ3v) is 0. The fourth-order valence-corrected chi connectivity index (χ4v) is 0. The van der Waals surface area contributed by atoms with Gasteiger partial charge in [0.15, 0.2) is 0 Å². The van der Waals surface area contributed by atoms with E-state index >= 15 is 0 Å². The number of hydrogen-bond donors (Lipinski definition) is 1. The van der Waals surface area contributed by atoms with E-state index in [2.05, 4.69) is 8.93 Å². The van der Waals surface area contributed by atoms with Gasteiger partial charge in [-0.3, -0.25) is 0 Å². The molecule has 0 bridgehead atoms. The van der Waals surface area contributed by atoms with Gasteiger partial charge in [-0.25, -0.2) is 0 Å². The molecule has 0 aromatic heterocycles. The summed E-state index contributed by atoms with van der Waals surface area (Å²) in [5.74, 6) is 0. The predicted molar refractivity (Wildman–Crippen MR) is 28.6 cm³/mol. The first kappa shape index (κ1) is 3.44. The van der Waals surface area contributed by atoms with Crippen molar-refractivity contribution in [3.8, 4) is 0 Å². The van der Waals surface area contributed by atoms with Crippen molar-refractivity contribution in [1.82, 2.24) is 0 Å². The predicted octanol–water partition coefficient (Wildman–Crippen LogP) is 0.956. The highest BCUT2D eigenvalue weighted by molar-refractivity contribution is 8.40. The van der Waals surface area contributed by atoms with Gasteiger partial charge >= 0.3 is 0 Å². The van der Waals surface area contributed by atoms with Crippen molar-refractivity contribution in [2.24, 2.45) is 0 Å². The summed E-state index contributed by atoms with van der Waals surface area (Å²) in [6.07, 6.45) is 0. The zero-order chi connectivity index (χ0) is 4.28. The lowest BCUT2D eigenvalue weighted by Crippen LogP contribution is -1.20. The maximum atomic E-state index is 8.21. The van der Waals surface area contributed by atoms with Gasteiger partial charge in [0.1, 0.15) is 0 Å². The molecular formula is H5OP3. The minimum absolute atomic E-state index is 0.0525. The standard InChI is InChI=1S/H5OP3/c1-4(2)3/h1H,2-3H2/i2T. The van der Waals surface area contributed by atoms with Crippen LogP contribution in [0, 0.1) is 0 Å². The third-order valence-electron chi connectivity index (χ3n) is 0. The lowest BCUT2D eigenvalue weighted by molar-refractivity contribution is 0.656. The molecule has 0 saturated carbocycles. The van der Waals surface area contributed by atoms with Gasteiger partial charge < -0.3 is 4.89 Å². The molecule has 3 atom stereocenters. The fraction of sp³-hybridized carbons (Fsp3) is 0. The minimum atomic E-state index is -0.987. The summed E-state index contributed by atoms with van der Waals surface area (Å²) < 4.78 is 6.44. The Morgan fingerprint density at radius 2 is 2.50 bits per heavy atom. The van der Waals surface area contributed by atoms with E-state index in [1.54, 1.807) is 0 Å². The normalized spacial score (nSPS) is 22.0. The first-order valence-corrected chi connectivity index (χ1v) is 4.94. The van der Waals surface area contributed by atoms with Gasteiger partial charge in [-0.1, -0.05) is 17.8 Å². The van der Waals surface area contributed by atoms with Crippen molar-refractivity contribution in [1.29, 1.82) is 1.28 Å². The van der Waals surface area contributed by atoms with Crippen molar-refractivity contribution in [3.63, 3.8) is 0 Å². The molecule has 0 amide bonds. The van der Waals surface area contributed by atoms with Gasteiger partial charge in [-0.2, -0.15) is 0 Å². The molecule has 26 valence electrons. The highest BCUT2D eigenvalue weighted by Crippen LogP contribution is 2.47. The van der Waals surface area contributed by atoms with Gasteiger partial charge in [0.05, 0.1) is 8.80 Å². The lowest BCUT2D eigenvalue weighted by atomic mass is 15.9. The first-order chi connectivity index (χ1) is 2.27. The fourth-order valence-electron chi connectivity index (χ4n) is 0. The molecule has 0 aromatic rings. The van der Waals surface area contributed by atoms with Crippen LogP contribution in [0.3, 0.4) is 0 Å². The highest BCUT2D eigenvalue weighted by Gasteiger charge is 1.68. The van der Waals surface area contributed by atoms with E-state index in [0.717, 1.165) is 0 Å². The van der Waals surface area contributed by atoms with E-state index < -0.39 is 7.53 Å². The molecule has 0 spiro atoms. The molecule has 4 heteroatoms. The molecular weight excluding hydrogens is 109 g/mol. The molecule has 1 N–H and O–H groups in total. The minimum Gasteiger partial charge on any atom is -0.366 e. The Morgan fingerprint density at radius 3 is 2.50 bits per heavy atom. The van der Waals surface area contributed by atoms with E-state index in [-0.39, 0.29) is 8.87 Å². The van der Waals surface area contributed by atoms with Crippen molar-refractivity contribution < 1.29 is 4.89 Å². The van der Waals surface area contributed by atoms with Crippen molar-refractivity contribution >= 4 is 25.3 Å². The van der Waals surface area contributed by atoms with E-state index in [4.69, 9.17) is 6.17 Å². The first-order valence-electron chi connectivity index (χ1n) is 1.18. The second-order valence-electron chi connectivity index (χ2n) is 0.345. The molecule has 0 aliphatic carbocycles. The molecule has 3 unspecified atom stereocenters. The van der Waals surface area contributed by atoms with Crippen LogP contribution in [0.2, 0.25) is 0 Å². The molecule has 0 fully saturated rings. The summed E-state index contributed by atoms with van der Waals surface area (Å²) >= 11 is 0. The summed E-state index contributed by atoms with van der Waals surface area (Å²) in [5, 5.41) is 0. The van der Waals surface area contributed by atoms with Crippen LogP contribution < -0.4 is 0 Å². The Labute approximate surface area is 32.5 Å². The Bertz CT molecular complexity index is 20.9. The SMILES string of the molecule is [3H]PP(O)P. The Hall–Kier alpha value is 1.25. The topological polar surface area (TPSA) is 20.2 Å². The summed E-state index contributed by atoms with van der Waals surface area (Å²) in [5.41, 5.74) is 0. The Balaban J connectivity index is 2.54. The molecule has 0 radical (unpaired) electrons. The zero-order valence-corrected chi connectivity index (χ0v) is 5.02. The van der Waals surface area contributed by atoms with E-state index in [0.29, 0.717) is 0 Å². The second-order valence-corrected chi connectivity index (χ2v) is 5.42. The van der Waals surface area contributed by atoms with Crippen LogP contribution in [0.4, 0.5) is 0 Å². The van der Waals surface area contributed by atoms with Gasteiger partial charge in [0.25, 0.3) is 0 Å². The van der Waals surface area contributed by atoms with Crippen molar-refractivity contribution in [2.45, 2.75) is 0 Å². The average Bonchev–Trinajstić information content (AvgIpc) is 1.38. The molecule has 0 heterocycles. The molecule has 0 aliphatic heterocycles. The summed E-state index contributed by atoms with van der Waals surface area (Å²) in [4.78, 5) is 8.21. The van der Waals surface area contributed by atoms with E-state index in [1.807, 2.05) is 0 Å². The Morgan fingerprint density at radius 1 is 2.25 bits per heavy atom. The maximum Gasteiger partial charge on any atom is 0.0619 e. The smallest absolute Gasteiger partial charge is 0.0619 e. The van der Waals surface area contributed by atoms with Crippen molar-refractivity contribution in [2.75, 3.05) is 0 Å². The molecule has 1 nitrogen and oxygen atoms in total. The third kappa shape index (κ3) is 10.5. The van der Waals surface area contributed by atoms with Crippen LogP contribution in [0.15, 0.2) is 0 Å². The number of hydrogen-bond acceptors (Lipinski definition) is 1. The van der Waals surface area contributed by atoms with Gasteiger partial charge in [0.2, 0.25) is 0 Å². The molecule has 4 heavy (non-hydrogen) atoms. The Kier molecular flexibility index (Phi) is 2.14.